The van der Waals surface area contributed by atoms with Crippen molar-refractivity contribution in [3.8, 4) is 0 Å². The predicted octanol–water partition coefficient (Wildman–Crippen LogP) is 2.10. The fraction of sp³-hybridized carbons (Fsp3) is 0.353. The van der Waals surface area contributed by atoms with Crippen LogP contribution in [0.5, 0.6) is 0 Å². The monoisotopic (exact) mass is 444 g/mol. The zero-order valence-corrected chi connectivity index (χ0v) is 17.1. The SMILES string of the molecule is CCOC(=O)C(C(=O)OCC)c1nccnc1Cl.O=C(O)Cc1nccnc1Cl. The van der Waals surface area contributed by atoms with E-state index in [1.165, 1.54) is 24.8 Å². The third kappa shape index (κ3) is 7.96. The average molecular weight is 445 g/mol. The Labute approximate surface area is 176 Å². The fourth-order valence-electron chi connectivity index (χ4n) is 1.91. The molecule has 0 amide bonds. The van der Waals surface area contributed by atoms with Gasteiger partial charge < -0.3 is 14.6 Å². The van der Waals surface area contributed by atoms with E-state index in [4.69, 9.17) is 37.8 Å². The predicted molar refractivity (Wildman–Crippen MR) is 101 cm³/mol. The molecule has 0 unspecified atom stereocenters. The van der Waals surface area contributed by atoms with Gasteiger partial charge in [0, 0.05) is 24.8 Å². The van der Waals surface area contributed by atoms with E-state index in [0.29, 0.717) is 5.69 Å². The summed E-state index contributed by atoms with van der Waals surface area (Å²) in [5, 5.41) is 8.49. The van der Waals surface area contributed by atoms with Gasteiger partial charge in [0.2, 0.25) is 0 Å². The Balaban J connectivity index is 0.000000326. The number of halogens is 2. The van der Waals surface area contributed by atoms with Crippen LogP contribution in [0.1, 0.15) is 31.2 Å². The van der Waals surface area contributed by atoms with Crippen LogP contribution in [0.2, 0.25) is 10.3 Å². The van der Waals surface area contributed by atoms with Gasteiger partial charge >= 0.3 is 17.9 Å². The number of carbonyl (C=O) groups is 3. The summed E-state index contributed by atoms with van der Waals surface area (Å²) in [4.78, 5) is 48.8. The molecule has 12 heteroatoms. The van der Waals surface area contributed by atoms with Gasteiger partial charge in [-0.2, -0.15) is 0 Å². The first-order valence-electron chi connectivity index (χ1n) is 8.28. The average Bonchev–Trinajstić information content (AvgIpc) is 2.66. The largest absolute Gasteiger partial charge is 0.481 e. The van der Waals surface area contributed by atoms with Gasteiger partial charge in [-0.05, 0) is 13.8 Å². The molecule has 0 radical (unpaired) electrons. The summed E-state index contributed by atoms with van der Waals surface area (Å²) >= 11 is 11.3. The van der Waals surface area contributed by atoms with E-state index < -0.39 is 23.8 Å². The number of aromatic nitrogens is 4. The topological polar surface area (TPSA) is 141 Å². The summed E-state index contributed by atoms with van der Waals surface area (Å²) < 4.78 is 9.63. The Bertz CT molecular complexity index is 834. The summed E-state index contributed by atoms with van der Waals surface area (Å²) in [5.41, 5.74) is 0.331. The number of hydrogen-bond donors (Lipinski definition) is 1. The first kappa shape index (κ1) is 24.2. The van der Waals surface area contributed by atoms with Crippen molar-refractivity contribution in [3.63, 3.8) is 0 Å². The fourth-order valence-corrected chi connectivity index (χ4v) is 2.29. The normalized spacial score (nSPS) is 9.97. The molecule has 2 aromatic heterocycles. The van der Waals surface area contributed by atoms with Crippen LogP contribution in [0.3, 0.4) is 0 Å². The number of carboxylic acids is 1. The second-order valence-corrected chi connectivity index (χ2v) is 5.75. The lowest BCUT2D eigenvalue weighted by Crippen LogP contribution is -2.27. The number of ether oxygens (including phenoxy) is 2. The maximum atomic E-state index is 11.8. The Morgan fingerprint density at radius 2 is 1.38 bits per heavy atom. The van der Waals surface area contributed by atoms with Gasteiger partial charge in [0.1, 0.15) is 5.69 Å². The van der Waals surface area contributed by atoms with Gasteiger partial charge in [-0.1, -0.05) is 23.2 Å². The van der Waals surface area contributed by atoms with Crippen LogP contribution in [0.15, 0.2) is 24.8 Å². The number of carboxylic acid groups (broad SMARTS) is 1. The molecule has 29 heavy (non-hydrogen) atoms. The van der Waals surface area contributed by atoms with Gasteiger partial charge in [0.05, 0.1) is 25.3 Å². The highest BCUT2D eigenvalue weighted by atomic mass is 35.5. The van der Waals surface area contributed by atoms with E-state index in [1.807, 2.05) is 0 Å². The molecule has 0 aliphatic rings. The van der Waals surface area contributed by atoms with Crippen LogP contribution in [0.4, 0.5) is 0 Å². The van der Waals surface area contributed by atoms with Crippen molar-refractivity contribution in [2.45, 2.75) is 26.2 Å². The molecule has 0 aliphatic carbocycles. The number of aliphatic carboxylic acids is 1. The minimum atomic E-state index is -1.30. The summed E-state index contributed by atoms with van der Waals surface area (Å²) in [5.74, 6) is -3.77. The van der Waals surface area contributed by atoms with Crippen LogP contribution in [-0.2, 0) is 30.3 Å². The summed E-state index contributed by atoms with van der Waals surface area (Å²) in [6, 6.07) is 0. The lowest BCUT2D eigenvalue weighted by Gasteiger charge is -2.14. The second kappa shape index (κ2) is 12.6. The highest BCUT2D eigenvalue weighted by molar-refractivity contribution is 6.30. The molecule has 0 spiro atoms. The standard InChI is InChI=1S/C11H13ClN2O4.C6H5ClN2O2/c1-3-17-10(15)7(11(16)18-4-2)8-9(12)14-6-5-13-8;7-6-4(3-5(10)11)8-1-2-9-6/h5-7H,3-4H2,1-2H3;1-2H,3H2,(H,10,11). The Kier molecular flexibility index (Phi) is 10.5. The van der Waals surface area contributed by atoms with Crippen molar-refractivity contribution in [1.82, 2.24) is 19.9 Å². The Morgan fingerprint density at radius 3 is 1.83 bits per heavy atom. The molecular weight excluding hydrogens is 427 g/mol. The molecule has 2 rings (SSSR count). The summed E-state index contributed by atoms with van der Waals surface area (Å²) in [6.45, 7) is 3.57. The molecule has 2 aromatic rings. The Hall–Kier alpha value is -2.85. The number of hydrogen-bond acceptors (Lipinski definition) is 9. The molecule has 156 valence electrons. The van der Waals surface area contributed by atoms with Crippen molar-refractivity contribution in [2.75, 3.05) is 13.2 Å². The van der Waals surface area contributed by atoms with E-state index >= 15 is 0 Å². The number of nitrogens with zero attached hydrogens (tertiary/aromatic N) is 4. The highest BCUT2D eigenvalue weighted by Crippen LogP contribution is 2.23. The first-order valence-corrected chi connectivity index (χ1v) is 9.04. The van der Waals surface area contributed by atoms with Crippen molar-refractivity contribution in [1.29, 1.82) is 0 Å². The van der Waals surface area contributed by atoms with E-state index in [0.717, 1.165) is 0 Å². The summed E-state index contributed by atoms with van der Waals surface area (Å²) in [6.07, 6.45) is 5.33. The zero-order valence-electron chi connectivity index (χ0n) is 15.5. The molecule has 0 saturated heterocycles. The zero-order chi connectivity index (χ0) is 21.8. The van der Waals surface area contributed by atoms with Gasteiger partial charge in [-0.3, -0.25) is 24.4 Å². The van der Waals surface area contributed by atoms with Gasteiger partial charge in [0.15, 0.2) is 16.2 Å². The van der Waals surface area contributed by atoms with Crippen LogP contribution in [0, 0.1) is 0 Å². The molecule has 0 bridgehead atoms. The minimum absolute atomic E-state index is 0.0244. The van der Waals surface area contributed by atoms with E-state index in [1.54, 1.807) is 13.8 Å². The molecular formula is C17H18Cl2N4O6. The highest BCUT2D eigenvalue weighted by Gasteiger charge is 2.34. The molecule has 0 aliphatic heterocycles. The molecule has 2 heterocycles. The lowest BCUT2D eigenvalue weighted by atomic mass is 10.1. The van der Waals surface area contributed by atoms with E-state index in [2.05, 4.69) is 19.9 Å². The molecule has 10 nitrogen and oxygen atoms in total. The third-order valence-electron chi connectivity index (χ3n) is 3.04. The van der Waals surface area contributed by atoms with E-state index in [-0.39, 0.29) is 35.6 Å². The number of esters is 2. The smallest absolute Gasteiger partial charge is 0.326 e. The van der Waals surface area contributed by atoms with Crippen molar-refractivity contribution >= 4 is 41.1 Å². The van der Waals surface area contributed by atoms with Crippen LogP contribution in [-0.4, -0.2) is 56.2 Å². The maximum absolute atomic E-state index is 11.8. The quantitative estimate of drug-likeness (QED) is 0.497. The Morgan fingerprint density at radius 1 is 0.897 bits per heavy atom. The van der Waals surface area contributed by atoms with Gasteiger partial charge in [-0.15, -0.1) is 0 Å². The molecule has 0 fully saturated rings. The third-order valence-corrected chi connectivity index (χ3v) is 3.65. The molecule has 0 atom stereocenters. The van der Waals surface area contributed by atoms with E-state index in [9.17, 15) is 14.4 Å². The van der Waals surface area contributed by atoms with Crippen molar-refractivity contribution in [2.24, 2.45) is 0 Å². The van der Waals surface area contributed by atoms with Crippen molar-refractivity contribution < 1.29 is 29.0 Å². The second-order valence-electron chi connectivity index (χ2n) is 5.03. The minimum Gasteiger partial charge on any atom is -0.481 e. The van der Waals surface area contributed by atoms with Crippen molar-refractivity contribution in [3.05, 3.63) is 46.5 Å². The molecule has 0 aromatic carbocycles. The first-order chi connectivity index (χ1) is 13.8. The lowest BCUT2D eigenvalue weighted by molar-refractivity contribution is -0.157. The van der Waals surface area contributed by atoms with Gasteiger partial charge in [0.25, 0.3) is 0 Å². The maximum Gasteiger partial charge on any atom is 0.326 e. The molecule has 1 N–H and O–H groups in total. The van der Waals surface area contributed by atoms with Crippen LogP contribution < -0.4 is 0 Å². The van der Waals surface area contributed by atoms with Crippen LogP contribution >= 0.6 is 23.2 Å². The van der Waals surface area contributed by atoms with Gasteiger partial charge in [-0.25, -0.2) is 9.97 Å². The van der Waals surface area contributed by atoms with Crippen LogP contribution in [0.25, 0.3) is 0 Å². The number of rotatable bonds is 7. The number of carbonyl (C=O) groups excluding carboxylic acids is 2. The molecule has 0 saturated carbocycles. The summed E-state index contributed by atoms with van der Waals surface area (Å²) in [7, 11) is 0.